The minimum atomic E-state index is -0.366. The molecule has 2 atom stereocenters. The van der Waals surface area contributed by atoms with Crippen LogP contribution in [0.3, 0.4) is 0 Å². The van der Waals surface area contributed by atoms with E-state index < -0.39 is 0 Å². The number of likely N-dealkylation sites (tertiary alicyclic amines) is 1. The molecule has 31 heavy (non-hydrogen) atoms. The van der Waals surface area contributed by atoms with Gasteiger partial charge >= 0.3 is 0 Å². The van der Waals surface area contributed by atoms with Crippen LogP contribution in [-0.4, -0.2) is 59.7 Å². The van der Waals surface area contributed by atoms with E-state index in [2.05, 4.69) is 24.1 Å². The fourth-order valence-corrected chi connectivity index (χ4v) is 4.12. The number of amides is 3. The maximum absolute atomic E-state index is 13.2. The van der Waals surface area contributed by atoms with Crippen LogP contribution in [0.2, 0.25) is 0 Å². The van der Waals surface area contributed by atoms with Gasteiger partial charge in [0.25, 0.3) is 17.7 Å². The van der Waals surface area contributed by atoms with E-state index in [4.69, 9.17) is 0 Å². The maximum atomic E-state index is 13.2. The standard InChI is InChI=1S/C24H30N4O3/c1-15-12-16(2)14-28(13-15)23(30)19-8-6-7-9-20(19)26-22(29)18-10-11-21(25-17(18)3)24(31)27(4)5/h6-11,15-16H,12-14H2,1-5H3,(H,26,29). The third-order valence-corrected chi connectivity index (χ3v) is 5.52. The van der Waals surface area contributed by atoms with Crippen molar-refractivity contribution < 1.29 is 14.4 Å². The Bertz CT molecular complexity index is 992. The first-order chi connectivity index (χ1) is 14.7. The maximum Gasteiger partial charge on any atom is 0.271 e. The molecule has 0 spiro atoms. The number of rotatable bonds is 4. The van der Waals surface area contributed by atoms with Crippen LogP contribution in [-0.2, 0) is 0 Å². The highest BCUT2D eigenvalue weighted by Crippen LogP contribution is 2.25. The predicted molar refractivity (Wildman–Crippen MR) is 120 cm³/mol. The Morgan fingerprint density at radius 3 is 2.26 bits per heavy atom. The van der Waals surface area contributed by atoms with Crippen LogP contribution < -0.4 is 5.32 Å². The number of carbonyl (C=O) groups excluding carboxylic acids is 3. The van der Waals surface area contributed by atoms with Crippen LogP contribution in [0.5, 0.6) is 0 Å². The van der Waals surface area contributed by atoms with E-state index >= 15 is 0 Å². The molecule has 1 N–H and O–H groups in total. The molecule has 7 nitrogen and oxygen atoms in total. The molecule has 0 bridgehead atoms. The van der Waals surface area contributed by atoms with Gasteiger partial charge in [-0.05, 0) is 49.4 Å². The molecule has 7 heteroatoms. The smallest absolute Gasteiger partial charge is 0.271 e. The molecular formula is C24H30N4O3. The molecule has 1 aliphatic rings. The van der Waals surface area contributed by atoms with Crippen molar-refractivity contribution in [2.45, 2.75) is 27.2 Å². The number of nitrogens with zero attached hydrogens (tertiary/aromatic N) is 3. The van der Waals surface area contributed by atoms with Gasteiger partial charge in [-0.15, -0.1) is 0 Å². The van der Waals surface area contributed by atoms with Crippen LogP contribution in [0.15, 0.2) is 36.4 Å². The lowest BCUT2D eigenvalue weighted by molar-refractivity contribution is 0.0624. The fraction of sp³-hybridized carbons (Fsp3) is 0.417. The van der Waals surface area contributed by atoms with E-state index in [1.54, 1.807) is 51.4 Å². The summed E-state index contributed by atoms with van der Waals surface area (Å²) >= 11 is 0. The van der Waals surface area contributed by atoms with Crippen LogP contribution in [0, 0.1) is 18.8 Å². The quantitative estimate of drug-likeness (QED) is 0.818. The molecule has 2 heterocycles. The number of para-hydroxylation sites is 1. The molecular weight excluding hydrogens is 392 g/mol. The van der Waals surface area contributed by atoms with Gasteiger partial charge in [0.1, 0.15) is 5.69 Å². The molecule has 1 aliphatic heterocycles. The number of hydrogen-bond donors (Lipinski definition) is 1. The SMILES string of the molecule is Cc1nc(C(=O)N(C)C)ccc1C(=O)Nc1ccccc1C(=O)N1CC(C)CC(C)C1. The van der Waals surface area contributed by atoms with Gasteiger partial charge in [-0.3, -0.25) is 14.4 Å². The van der Waals surface area contributed by atoms with E-state index in [1.165, 1.54) is 11.0 Å². The monoisotopic (exact) mass is 422 g/mol. The first-order valence-corrected chi connectivity index (χ1v) is 10.6. The van der Waals surface area contributed by atoms with Gasteiger partial charge in [-0.2, -0.15) is 0 Å². The van der Waals surface area contributed by atoms with Crippen LogP contribution in [0.1, 0.15) is 57.2 Å². The molecule has 3 rings (SSSR count). The molecule has 0 saturated carbocycles. The Labute approximate surface area is 183 Å². The van der Waals surface area contributed by atoms with Gasteiger partial charge in [-0.1, -0.05) is 26.0 Å². The average molecular weight is 423 g/mol. The van der Waals surface area contributed by atoms with Gasteiger partial charge in [-0.25, -0.2) is 4.98 Å². The molecule has 0 aliphatic carbocycles. The Balaban J connectivity index is 1.82. The number of pyridine rings is 1. The van der Waals surface area contributed by atoms with E-state index in [0.717, 1.165) is 19.5 Å². The zero-order valence-electron chi connectivity index (χ0n) is 18.8. The molecule has 0 radical (unpaired) electrons. The first-order valence-electron chi connectivity index (χ1n) is 10.6. The third kappa shape index (κ3) is 5.10. The number of benzene rings is 1. The summed E-state index contributed by atoms with van der Waals surface area (Å²) in [5.41, 5.74) is 2.03. The van der Waals surface area contributed by atoms with Crippen molar-refractivity contribution in [1.29, 1.82) is 0 Å². The summed E-state index contributed by atoms with van der Waals surface area (Å²) in [4.78, 5) is 45.8. The lowest BCUT2D eigenvalue weighted by Crippen LogP contribution is -2.42. The van der Waals surface area contributed by atoms with Crippen molar-refractivity contribution in [3.8, 4) is 0 Å². The van der Waals surface area contributed by atoms with Crippen molar-refractivity contribution in [3.05, 3.63) is 58.9 Å². The van der Waals surface area contributed by atoms with Crippen molar-refractivity contribution in [3.63, 3.8) is 0 Å². The average Bonchev–Trinajstić information content (AvgIpc) is 2.72. The molecule has 1 aromatic carbocycles. The largest absolute Gasteiger partial charge is 0.343 e. The lowest BCUT2D eigenvalue weighted by Gasteiger charge is -2.35. The van der Waals surface area contributed by atoms with E-state index in [-0.39, 0.29) is 23.4 Å². The first kappa shape index (κ1) is 22.5. The molecule has 2 unspecified atom stereocenters. The third-order valence-electron chi connectivity index (χ3n) is 5.52. The lowest BCUT2D eigenvalue weighted by atomic mass is 9.91. The van der Waals surface area contributed by atoms with Crippen molar-refractivity contribution in [2.75, 3.05) is 32.5 Å². The fourth-order valence-electron chi connectivity index (χ4n) is 4.12. The number of hydrogen-bond acceptors (Lipinski definition) is 4. The summed E-state index contributed by atoms with van der Waals surface area (Å²) in [5, 5.41) is 2.86. The highest BCUT2D eigenvalue weighted by Gasteiger charge is 2.27. The Morgan fingerprint density at radius 1 is 1.00 bits per heavy atom. The van der Waals surface area contributed by atoms with E-state index in [1.807, 2.05) is 4.90 Å². The summed E-state index contributed by atoms with van der Waals surface area (Å²) in [6, 6.07) is 10.2. The van der Waals surface area contributed by atoms with Crippen LogP contribution in [0.4, 0.5) is 5.69 Å². The van der Waals surface area contributed by atoms with E-state index in [9.17, 15) is 14.4 Å². The summed E-state index contributed by atoms with van der Waals surface area (Å²) in [7, 11) is 3.30. The van der Waals surface area contributed by atoms with E-state index in [0.29, 0.717) is 34.3 Å². The minimum absolute atomic E-state index is 0.0731. The number of nitrogens with one attached hydrogen (secondary N) is 1. The molecule has 2 aromatic rings. The normalized spacial score (nSPS) is 18.4. The van der Waals surface area contributed by atoms with Gasteiger partial charge in [0.2, 0.25) is 0 Å². The van der Waals surface area contributed by atoms with Gasteiger partial charge < -0.3 is 15.1 Å². The number of anilines is 1. The summed E-state index contributed by atoms with van der Waals surface area (Å²) < 4.78 is 0. The number of aromatic nitrogens is 1. The second kappa shape index (κ2) is 9.29. The van der Waals surface area contributed by atoms with Gasteiger partial charge in [0, 0.05) is 27.2 Å². The summed E-state index contributed by atoms with van der Waals surface area (Å²) in [6.45, 7) is 7.44. The highest BCUT2D eigenvalue weighted by molar-refractivity contribution is 6.09. The van der Waals surface area contributed by atoms with Crippen molar-refractivity contribution >= 4 is 23.4 Å². The summed E-state index contributed by atoms with van der Waals surface area (Å²) in [6.07, 6.45) is 1.11. The highest BCUT2D eigenvalue weighted by atomic mass is 16.2. The van der Waals surface area contributed by atoms with Crippen molar-refractivity contribution in [1.82, 2.24) is 14.8 Å². The zero-order chi connectivity index (χ0) is 22.7. The molecule has 3 amide bonds. The Hall–Kier alpha value is -3.22. The van der Waals surface area contributed by atoms with Crippen LogP contribution in [0.25, 0.3) is 0 Å². The topological polar surface area (TPSA) is 82.6 Å². The molecule has 164 valence electrons. The molecule has 1 aromatic heterocycles. The number of piperidine rings is 1. The molecule has 1 saturated heterocycles. The second-order valence-corrected chi connectivity index (χ2v) is 8.68. The van der Waals surface area contributed by atoms with Crippen LogP contribution >= 0.6 is 0 Å². The Kier molecular flexibility index (Phi) is 6.73. The van der Waals surface area contributed by atoms with Gasteiger partial charge in [0.15, 0.2) is 0 Å². The second-order valence-electron chi connectivity index (χ2n) is 8.68. The van der Waals surface area contributed by atoms with Crippen molar-refractivity contribution in [2.24, 2.45) is 11.8 Å². The predicted octanol–water partition coefficient (Wildman–Crippen LogP) is 3.46. The Morgan fingerprint density at radius 2 is 1.65 bits per heavy atom. The number of aryl methyl sites for hydroxylation is 1. The summed E-state index contributed by atoms with van der Waals surface area (Å²) in [5.74, 6) is 0.236. The zero-order valence-corrected chi connectivity index (χ0v) is 18.8. The van der Waals surface area contributed by atoms with Gasteiger partial charge in [0.05, 0.1) is 22.5 Å². The minimum Gasteiger partial charge on any atom is -0.343 e. The molecule has 1 fully saturated rings. The number of carbonyl (C=O) groups is 3.